The molecule has 2 aliphatic rings. The maximum atomic E-state index is 14.5. The molecule has 0 radical (unpaired) electrons. The van der Waals surface area contributed by atoms with Crippen LogP contribution in [0.4, 0.5) is 15.4 Å². The van der Waals surface area contributed by atoms with E-state index in [0.29, 0.717) is 32.0 Å². The number of benzene rings is 1. The number of rotatable bonds is 3. The van der Waals surface area contributed by atoms with Gasteiger partial charge in [0.15, 0.2) is 0 Å². The number of anilines is 1. The van der Waals surface area contributed by atoms with E-state index in [1.807, 2.05) is 55.7 Å². The predicted octanol–water partition coefficient (Wildman–Crippen LogP) is 6.44. The number of hydrogen-bond acceptors (Lipinski definition) is 6. The number of fused-ring (bicyclic) bond motifs is 1. The molecule has 214 valence electrons. The van der Waals surface area contributed by atoms with Crippen LogP contribution in [-0.4, -0.2) is 69.9 Å². The molecule has 2 aromatic heterocycles. The number of carbonyl (C=O) groups excluding carboxylic acids is 2. The zero-order valence-corrected chi connectivity index (χ0v) is 24.4. The number of urea groups is 1. The first-order chi connectivity index (χ1) is 19.1. The third kappa shape index (κ3) is 6.08. The first-order valence-corrected chi connectivity index (χ1v) is 14.4. The first kappa shape index (κ1) is 27.9. The summed E-state index contributed by atoms with van der Waals surface area (Å²) in [7, 11) is 0. The summed E-state index contributed by atoms with van der Waals surface area (Å²) in [6, 6.07) is 9.83. The number of hydrogen-bond donors (Lipinski definition) is 0. The summed E-state index contributed by atoms with van der Waals surface area (Å²) < 4.78 is 11.3. The quantitative estimate of drug-likeness (QED) is 0.375. The van der Waals surface area contributed by atoms with Gasteiger partial charge in [0.2, 0.25) is 0 Å². The van der Waals surface area contributed by atoms with E-state index in [0.717, 1.165) is 59.9 Å². The highest BCUT2D eigenvalue weighted by molar-refractivity contribution is 6.03. The van der Waals surface area contributed by atoms with Crippen LogP contribution in [0.1, 0.15) is 75.8 Å². The molecule has 0 aliphatic carbocycles. The SMILES string of the molecule is Cc1cc(C2CCN(C(=O)N(c3nccc4cccc(C)c34)[C@@H]3CCCCN(C(=O)OC(C)(C)C)C3)CC2)on1. The standard InChI is InChI=1S/C31H41N5O4/c1-21-9-8-10-24-12-15-32-28(27(21)24)36(25-11-6-7-16-35(20-25)30(38)39-31(3,4)5)29(37)34-17-13-23(14-18-34)26-19-22(2)33-40-26/h8-10,12,15,19,23,25H,6-7,11,13-14,16-18,20H2,1-5H3/t25-/m1/s1. The zero-order chi connectivity index (χ0) is 28.4. The number of nitrogens with zero attached hydrogens (tertiary/aromatic N) is 5. The van der Waals surface area contributed by atoms with E-state index in [2.05, 4.69) is 24.2 Å². The van der Waals surface area contributed by atoms with Crippen LogP contribution >= 0.6 is 0 Å². The van der Waals surface area contributed by atoms with E-state index in [1.165, 1.54) is 0 Å². The second-order valence-electron chi connectivity index (χ2n) is 12.2. The van der Waals surface area contributed by atoms with Gasteiger partial charge in [0.05, 0.1) is 11.7 Å². The fourth-order valence-corrected chi connectivity index (χ4v) is 5.90. The molecule has 3 amide bonds. The molecule has 3 aromatic rings. The van der Waals surface area contributed by atoms with Crippen molar-refractivity contribution in [3.05, 3.63) is 53.5 Å². The highest BCUT2D eigenvalue weighted by Gasteiger charge is 2.37. The van der Waals surface area contributed by atoms with Gasteiger partial charge < -0.3 is 19.1 Å². The van der Waals surface area contributed by atoms with Crippen molar-refractivity contribution in [3.63, 3.8) is 0 Å². The minimum atomic E-state index is -0.588. The van der Waals surface area contributed by atoms with Crippen LogP contribution in [0, 0.1) is 13.8 Å². The number of carbonyl (C=O) groups is 2. The minimum absolute atomic E-state index is 0.0634. The van der Waals surface area contributed by atoms with E-state index < -0.39 is 5.60 Å². The van der Waals surface area contributed by atoms with Gasteiger partial charge in [-0.3, -0.25) is 4.90 Å². The summed E-state index contributed by atoms with van der Waals surface area (Å²) in [5.74, 6) is 1.80. The Morgan fingerprint density at radius 2 is 1.80 bits per heavy atom. The molecule has 0 saturated carbocycles. The molecule has 5 rings (SSSR count). The Kier molecular flexibility index (Phi) is 8.01. The lowest BCUT2D eigenvalue weighted by molar-refractivity contribution is 0.0248. The van der Waals surface area contributed by atoms with Gasteiger partial charge in [-0.25, -0.2) is 14.6 Å². The number of likely N-dealkylation sites (tertiary alicyclic amines) is 2. The third-order valence-electron chi connectivity index (χ3n) is 7.89. The van der Waals surface area contributed by atoms with Gasteiger partial charge in [0.25, 0.3) is 0 Å². The van der Waals surface area contributed by atoms with Crippen LogP contribution in [0.5, 0.6) is 0 Å². The van der Waals surface area contributed by atoms with E-state index in [9.17, 15) is 9.59 Å². The fraction of sp³-hybridized carbons (Fsp3) is 0.548. The predicted molar refractivity (Wildman–Crippen MR) is 155 cm³/mol. The third-order valence-corrected chi connectivity index (χ3v) is 7.89. The largest absolute Gasteiger partial charge is 0.444 e. The number of aryl methyl sites for hydroxylation is 2. The Balaban J connectivity index is 1.47. The molecule has 0 N–H and O–H groups in total. The Labute approximate surface area is 236 Å². The Morgan fingerprint density at radius 1 is 1.02 bits per heavy atom. The molecule has 1 aromatic carbocycles. The van der Waals surface area contributed by atoms with Gasteiger partial charge in [0, 0.05) is 49.7 Å². The highest BCUT2D eigenvalue weighted by atomic mass is 16.6. The summed E-state index contributed by atoms with van der Waals surface area (Å²) in [5, 5.41) is 6.06. The number of aromatic nitrogens is 2. The topological polar surface area (TPSA) is 92.0 Å². The van der Waals surface area contributed by atoms with Crippen molar-refractivity contribution in [2.24, 2.45) is 0 Å². The Hall–Kier alpha value is -3.62. The highest BCUT2D eigenvalue weighted by Crippen LogP contribution is 2.34. The van der Waals surface area contributed by atoms with Crippen LogP contribution in [0.2, 0.25) is 0 Å². The van der Waals surface area contributed by atoms with Crippen molar-refractivity contribution in [3.8, 4) is 0 Å². The summed E-state index contributed by atoms with van der Waals surface area (Å²) >= 11 is 0. The Morgan fingerprint density at radius 3 is 2.50 bits per heavy atom. The second kappa shape index (κ2) is 11.5. The zero-order valence-electron chi connectivity index (χ0n) is 24.4. The molecule has 0 unspecified atom stereocenters. The molecule has 0 spiro atoms. The lowest BCUT2D eigenvalue weighted by Crippen LogP contribution is -2.54. The van der Waals surface area contributed by atoms with Crippen LogP contribution in [0.25, 0.3) is 10.8 Å². The van der Waals surface area contributed by atoms with Crippen molar-refractivity contribution in [2.45, 2.75) is 84.3 Å². The molecule has 1 atom stereocenters. The van der Waals surface area contributed by atoms with Crippen molar-refractivity contribution < 1.29 is 18.8 Å². The van der Waals surface area contributed by atoms with E-state index >= 15 is 0 Å². The van der Waals surface area contributed by atoms with Gasteiger partial charge in [-0.2, -0.15) is 0 Å². The average molecular weight is 548 g/mol. The van der Waals surface area contributed by atoms with Crippen molar-refractivity contribution in [2.75, 3.05) is 31.1 Å². The maximum absolute atomic E-state index is 14.5. The molecule has 2 saturated heterocycles. The van der Waals surface area contributed by atoms with Gasteiger partial charge in [-0.15, -0.1) is 0 Å². The van der Waals surface area contributed by atoms with E-state index in [1.54, 1.807) is 11.1 Å². The van der Waals surface area contributed by atoms with Crippen LogP contribution in [0.3, 0.4) is 0 Å². The van der Waals surface area contributed by atoms with Crippen molar-refractivity contribution in [1.29, 1.82) is 0 Å². The molecule has 9 heteroatoms. The molecular weight excluding hydrogens is 506 g/mol. The summed E-state index contributed by atoms with van der Waals surface area (Å²) in [6.45, 7) is 11.9. The molecule has 2 aliphatic heterocycles. The minimum Gasteiger partial charge on any atom is -0.444 e. The average Bonchev–Trinajstić information content (AvgIpc) is 3.20. The van der Waals surface area contributed by atoms with Gasteiger partial charge in [0.1, 0.15) is 17.2 Å². The fourth-order valence-electron chi connectivity index (χ4n) is 5.90. The second-order valence-corrected chi connectivity index (χ2v) is 12.2. The summed E-state index contributed by atoms with van der Waals surface area (Å²) in [6.07, 6.45) is 5.61. The maximum Gasteiger partial charge on any atom is 0.410 e. The van der Waals surface area contributed by atoms with Crippen molar-refractivity contribution in [1.82, 2.24) is 19.9 Å². The molecule has 4 heterocycles. The normalized spacial score (nSPS) is 19.0. The number of amides is 3. The molecule has 0 bridgehead atoms. The monoisotopic (exact) mass is 547 g/mol. The summed E-state index contributed by atoms with van der Waals surface area (Å²) in [4.78, 5) is 38.0. The lowest BCUT2D eigenvalue weighted by Gasteiger charge is -2.39. The van der Waals surface area contributed by atoms with Crippen LogP contribution < -0.4 is 4.90 Å². The van der Waals surface area contributed by atoms with Crippen LogP contribution in [0.15, 0.2) is 41.1 Å². The summed E-state index contributed by atoms with van der Waals surface area (Å²) in [5.41, 5.74) is 1.35. The smallest absolute Gasteiger partial charge is 0.410 e. The van der Waals surface area contributed by atoms with Crippen LogP contribution in [-0.2, 0) is 4.74 Å². The lowest BCUT2D eigenvalue weighted by atomic mass is 9.94. The van der Waals surface area contributed by atoms with Gasteiger partial charge in [-0.1, -0.05) is 23.4 Å². The number of ether oxygens (including phenoxy) is 1. The molecule has 40 heavy (non-hydrogen) atoms. The first-order valence-electron chi connectivity index (χ1n) is 14.4. The van der Waals surface area contributed by atoms with E-state index in [-0.39, 0.29) is 24.1 Å². The van der Waals surface area contributed by atoms with Gasteiger partial charge in [-0.05, 0) is 83.7 Å². The van der Waals surface area contributed by atoms with Crippen molar-refractivity contribution >= 4 is 28.7 Å². The van der Waals surface area contributed by atoms with E-state index in [4.69, 9.17) is 14.2 Å². The number of piperidine rings is 1. The number of pyridine rings is 1. The van der Waals surface area contributed by atoms with Gasteiger partial charge >= 0.3 is 12.1 Å². The Bertz CT molecular complexity index is 1350. The molecule has 2 fully saturated rings. The molecular formula is C31H41N5O4. The molecule has 9 nitrogen and oxygen atoms in total.